The molecule has 0 saturated carbocycles. The molecular weight excluding hydrogens is 304 g/mol. The second-order valence-electron chi connectivity index (χ2n) is 6.93. The Balaban J connectivity index is 1.78. The minimum absolute atomic E-state index is 0.123. The molecule has 3 heterocycles. The Morgan fingerprint density at radius 3 is 3.00 bits per heavy atom. The molecule has 0 radical (unpaired) electrons. The van der Waals surface area contributed by atoms with E-state index in [4.69, 9.17) is 9.47 Å². The zero-order valence-corrected chi connectivity index (χ0v) is 14.5. The number of hydrogen-bond acceptors (Lipinski definition) is 5. The summed E-state index contributed by atoms with van der Waals surface area (Å²) in [5, 5.41) is 12.1. The van der Waals surface area contributed by atoms with Gasteiger partial charge < -0.3 is 14.8 Å². The summed E-state index contributed by atoms with van der Waals surface area (Å²) in [5.41, 5.74) is 3.20. The molecule has 6 nitrogen and oxygen atoms in total. The summed E-state index contributed by atoms with van der Waals surface area (Å²) in [4.78, 5) is 0. The van der Waals surface area contributed by atoms with Gasteiger partial charge in [0.05, 0.1) is 25.5 Å². The van der Waals surface area contributed by atoms with Crippen molar-refractivity contribution >= 4 is 0 Å². The van der Waals surface area contributed by atoms with E-state index in [9.17, 15) is 0 Å². The average molecular weight is 328 g/mol. The van der Waals surface area contributed by atoms with Gasteiger partial charge in [0.1, 0.15) is 11.4 Å². The van der Waals surface area contributed by atoms with E-state index >= 15 is 0 Å². The topological polar surface area (TPSA) is 61.2 Å². The van der Waals surface area contributed by atoms with Crippen LogP contribution in [0.15, 0.2) is 24.4 Å². The second-order valence-corrected chi connectivity index (χ2v) is 6.93. The fourth-order valence-electron chi connectivity index (χ4n) is 4.31. The Labute approximate surface area is 142 Å². The van der Waals surface area contributed by atoms with Gasteiger partial charge in [-0.05, 0) is 31.4 Å². The maximum Gasteiger partial charge on any atom is 0.125 e. The molecule has 6 heteroatoms. The van der Waals surface area contributed by atoms with Crippen LogP contribution in [0.1, 0.15) is 42.6 Å². The number of nitrogens with zero attached hydrogens (tertiary/aromatic N) is 3. The smallest absolute Gasteiger partial charge is 0.125 e. The number of rotatable bonds is 2. The van der Waals surface area contributed by atoms with E-state index < -0.39 is 0 Å². The predicted octanol–water partition coefficient (Wildman–Crippen LogP) is 2.10. The van der Waals surface area contributed by atoms with Gasteiger partial charge in [-0.3, -0.25) is 4.68 Å². The van der Waals surface area contributed by atoms with E-state index in [0.717, 1.165) is 37.3 Å². The highest BCUT2D eigenvalue weighted by Gasteiger charge is 2.47. The Morgan fingerprint density at radius 1 is 1.38 bits per heavy atom. The summed E-state index contributed by atoms with van der Waals surface area (Å²) in [7, 11) is 3.64. The number of fused-ring (bicyclic) bond motifs is 2. The van der Waals surface area contributed by atoms with Gasteiger partial charge in [-0.15, -0.1) is 5.10 Å². The highest BCUT2D eigenvalue weighted by Crippen LogP contribution is 2.49. The minimum Gasteiger partial charge on any atom is -0.496 e. The molecule has 4 rings (SSSR count). The first-order chi connectivity index (χ1) is 11.6. The predicted molar refractivity (Wildman–Crippen MR) is 89.9 cm³/mol. The number of hydrogen-bond donors (Lipinski definition) is 1. The molecule has 0 bridgehead atoms. The van der Waals surface area contributed by atoms with Crippen LogP contribution in [-0.4, -0.2) is 34.8 Å². The van der Waals surface area contributed by atoms with E-state index in [1.807, 2.05) is 19.3 Å². The molecule has 3 atom stereocenters. The Bertz CT molecular complexity index is 730. The first-order valence-corrected chi connectivity index (χ1v) is 8.54. The van der Waals surface area contributed by atoms with Gasteiger partial charge in [0.25, 0.3) is 0 Å². The summed E-state index contributed by atoms with van der Waals surface area (Å²) < 4.78 is 13.9. The van der Waals surface area contributed by atoms with Gasteiger partial charge in [0.15, 0.2) is 0 Å². The normalized spacial score (nSPS) is 29.5. The highest BCUT2D eigenvalue weighted by molar-refractivity contribution is 5.46. The molecular formula is C18H24N4O2. The zero-order chi connectivity index (χ0) is 16.7. The van der Waals surface area contributed by atoms with E-state index in [0.29, 0.717) is 6.04 Å². The van der Waals surface area contributed by atoms with Crippen molar-refractivity contribution in [2.75, 3.05) is 13.7 Å². The van der Waals surface area contributed by atoms with Gasteiger partial charge in [0.2, 0.25) is 0 Å². The fraction of sp³-hybridized carbons (Fsp3) is 0.556. The Hall–Kier alpha value is -1.92. The van der Waals surface area contributed by atoms with Crippen LogP contribution in [0.5, 0.6) is 5.75 Å². The van der Waals surface area contributed by atoms with Crippen molar-refractivity contribution in [1.82, 2.24) is 20.3 Å². The summed E-state index contributed by atoms with van der Waals surface area (Å²) in [5.74, 6) is 0.930. The number of aryl methyl sites for hydroxylation is 1. The molecule has 2 aliphatic heterocycles. The lowest BCUT2D eigenvalue weighted by molar-refractivity contribution is -0.0998. The molecule has 128 valence electrons. The average Bonchev–Trinajstić information content (AvgIpc) is 3.00. The van der Waals surface area contributed by atoms with Crippen molar-refractivity contribution in [1.29, 1.82) is 0 Å². The molecule has 1 fully saturated rings. The van der Waals surface area contributed by atoms with E-state index in [1.54, 1.807) is 11.8 Å². The van der Waals surface area contributed by atoms with Crippen molar-refractivity contribution in [3.8, 4) is 5.75 Å². The summed E-state index contributed by atoms with van der Waals surface area (Å²) >= 11 is 0. The van der Waals surface area contributed by atoms with Gasteiger partial charge in [-0.2, -0.15) is 0 Å². The molecule has 2 aromatic rings. The lowest BCUT2D eigenvalue weighted by Gasteiger charge is -2.47. The number of nitrogens with one attached hydrogen (secondary N) is 1. The van der Waals surface area contributed by atoms with E-state index in [-0.39, 0.29) is 11.6 Å². The number of benzene rings is 1. The number of methoxy groups -OCH3 is 1. The molecule has 24 heavy (non-hydrogen) atoms. The molecule has 1 aromatic heterocycles. The van der Waals surface area contributed by atoms with Crippen LogP contribution in [0.2, 0.25) is 0 Å². The third-order valence-electron chi connectivity index (χ3n) is 5.17. The summed E-state index contributed by atoms with van der Waals surface area (Å²) in [6, 6.07) is 6.76. The number of aromatic nitrogens is 3. The molecule has 0 aliphatic carbocycles. The third kappa shape index (κ3) is 2.50. The maximum absolute atomic E-state index is 6.43. The largest absolute Gasteiger partial charge is 0.496 e. The van der Waals surface area contributed by atoms with Crippen molar-refractivity contribution in [3.63, 3.8) is 0 Å². The molecule has 1 N–H and O–H groups in total. The number of piperidine rings is 1. The second kappa shape index (κ2) is 5.86. The van der Waals surface area contributed by atoms with Crippen LogP contribution in [-0.2, 0) is 23.8 Å². The lowest BCUT2D eigenvalue weighted by Crippen LogP contribution is -2.50. The SMILES string of the molecule is COc1cccc2c1[C@]1(C[C@@H](c3cn(C)nn3)N[C@@H](C)C1)OCC2. The highest BCUT2D eigenvalue weighted by atomic mass is 16.5. The quantitative estimate of drug-likeness (QED) is 0.915. The van der Waals surface area contributed by atoms with Crippen LogP contribution < -0.4 is 10.1 Å². The lowest BCUT2D eigenvalue weighted by atomic mass is 9.74. The maximum atomic E-state index is 6.43. The first-order valence-electron chi connectivity index (χ1n) is 8.54. The van der Waals surface area contributed by atoms with Crippen LogP contribution in [0.4, 0.5) is 0 Å². The molecule has 1 saturated heterocycles. The van der Waals surface area contributed by atoms with Crippen molar-refractivity contribution in [2.24, 2.45) is 7.05 Å². The molecule has 0 unspecified atom stereocenters. The number of ether oxygens (including phenoxy) is 2. The van der Waals surface area contributed by atoms with Crippen LogP contribution in [0.3, 0.4) is 0 Å². The molecule has 1 aromatic carbocycles. The molecule has 0 amide bonds. The van der Waals surface area contributed by atoms with Gasteiger partial charge >= 0.3 is 0 Å². The van der Waals surface area contributed by atoms with Crippen LogP contribution in [0.25, 0.3) is 0 Å². The van der Waals surface area contributed by atoms with Gasteiger partial charge in [0, 0.05) is 31.3 Å². The summed E-state index contributed by atoms with van der Waals surface area (Å²) in [6.07, 6.45) is 4.68. The van der Waals surface area contributed by atoms with Gasteiger partial charge in [-0.25, -0.2) is 0 Å². The monoisotopic (exact) mass is 328 g/mol. The molecule has 2 aliphatic rings. The molecule has 1 spiro atoms. The Morgan fingerprint density at radius 2 is 2.25 bits per heavy atom. The third-order valence-corrected chi connectivity index (χ3v) is 5.17. The van der Waals surface area contributed by atoms with Crippen molar-refractivity contribution in [2.45, 2.75) is 43.9 Å². The fourth-order valence-corrected chi connectivity index (χ4v) is 4.31. The van der Waals surface area contributed by atoms with Crippen molar-refractivity contribution in [3.05, 3.63) is 41.2 Å². The van der Waals surface area contributed by atoms with Crippen molar-refractivity contribution < 1.29 is 9.47 Å². The zero-order valence-electron chi connectivity index (χ0n) is 14.5. The van der Waals surface area contributed by atoms with E-state index in [1.165, 1.54) is 11.1 Å². The standard InChI is InChI=1S/C18H24N4O2/c1-12-9-18(10-14(19-12)15-11-22(2)21-20-15)17-13(7-8-24-18)5-4-6-16(17)23-3/h4-6,11-12,14,19H,7-10H2,1-3H3/t12-,14-,18-/m0/s1. The van der Waals surface area contributed by atoms with Gasteiger partial charge in [-0.1, -0.05) is 17.3 Å². The first kappa shape index (κ1) is 15.6. The van der Waals surface area contributed by atoms with E-state index in [2.05, 4.69) is 34.7 Å². The summed E-state index contributed by atoms with van der Waals surface area (Å²) in [6.45, 7) is 2.96. The van der Waals surface area contributed by atoms with Crippen LogP contribution in [0, 0.1) is 0 Å². The Kier molecular flexibility index (Phi) is 3.81. The minimum atomic E-state index is -0.326. The van der Waals surface area contributed by atoms with Crippen LogP contribution >= 0.6 is 0 Å².